The molecule has 1 unspecified atom stereocenters. The van der Waals surface area contributed by atoms with Crippen molar-refractivity contribution in [2.45, 2.75) is 25.9 Å². The summed E-state index contributed by atoms with van der Waals surface area (Å²) in [7, 11) is 1.60. The average Bonchev–Trinajstić information content (AvgIpc) is 3.12. The highest BCUT2D eigenvalue weighted by molar-refractivity contribution is 6.07. The molecule has 1 atom stereocenters. The standard InChI is InChI=1S/C25H24N2O3/c1-17-14-21-9-8-18(16-26-24(28)19-6-4-3-5-7-19)15-23(21)27(17)25(29)20-10-12-22(30-2)13-11-20/h3-13,15,17H,14,16H2,1-2H3,(H,26,28). The lowest BCUT2D eigenvalue weighted by molar-refractivity contribution is 0.0948. The van der Waals surface area contributed by atoms with Crippen LogP contribution in [0.3, 0.4) is 0 Å². The maximum absolute atomic E-state index is 13.2. The number of anilines is 1. The maximum atomic E-state index is 13.2. The minimum absolute atomic E-state index is 0.0330. The van der Waals surface area contributed by atoms with Crippen LogP contribution in [0, 0.1) is 0 Å². The number of hydrogen-bond donors (Lipinski definition) is 1. The zero-order valence-corrected chi connectivity index (χ0v) is 17.1. The number of amides is 2. The second-order valence-corrected chi connectivity index (χ2v) is 7.47. The smallest absolute Gasteiger partial charge is 0.258 e. The van der Waals surface area contributed by atoms with Gasteiger partial charge in [-0.2, -0.15) is 0 Å². The molecule has 0 aliphatic carbocycles. The molecule has 4 rings (SSSR count). The first-order chi connectivity index (χ1) is 14.6. The van der Waals surface area contributed by atoms with E-state index >= 15 is 0 Å². The van der Waals surface area contributed by atoms with E-state index in [0.29, 0.717) is 17.7 Å². The quantitative estimate of drug-likeness (QED) is 0.698. The summed E-state index contributed by atoms with van der Waals surface area (Å²) in [6.45, 7) is 2.46. The molecule has 0 radical (unpaired) electrons. The number of carbonyl (C=O) groups is 2. The summed E-state index contributed by atoms with van der Waals surface area (Å²) in [4.78, 5) is 27.4. The largest absolute Gasteiger partial charge is 0.497 e. The van der Waals surface area contributed by atoms with Crippen molar-refractivity contribution in [3.05, 3.63) is 95.1 Å². The Labute approximate surface area is 176 Å². The van der Waals surface area contributed by atoms with Gasteiger partial charge in [-0.15, -0.1) is 0 Å². The Morgan fingerprint density at radius 2 is 1.73 bits per heavy atom. The summed E-state index contributed by atoms with van der Waals surface area (Å²) < 4.78 is 5.19. The topological polar surface area (TPSA) is 58.6 Å². The van der Waals surface area contributed by atoms with Crippen LogP contribution in [-0.4, -0.2) is 25.0 Å². The fraction of sp³-hybridized carbons (Fsp3) is 0.200. The molecule has 0 bridgehead atoms. The summed E-state index contributed by atoms with van der Waals surface area (Å²) in [6, 6.07) is 22.4. The molecule has 5 nitrogen and oxygen atoms in total. The molecule has 3 aromatic carbocycles. The van der Waals surface area contributed by atoms with Gasteiger partial charge in [0.2, 0.25) is 0 Å². The molecule has 3 aromatic rings. The van der Waals surface area contributed by atoms with Gasteiger partial charge < -0.3 is 15.0 Å². The molecule has 1 heterocycles. The van der Waals surface area contributed by atoms with Gasteiger partial charge in [0.15, 0.2) is 0 Å². The Balaban J connectivity index is 1.53. The minimum atomic E-state index is -0.115. The third kappa shape index (κ3) is 3.92. The molecule has 0 fully saturated rings. The van der Waals surface area contributed by atoms with E-state index in [4.69, 9.17) is 4.74 Å². The second kappa shape index (κ2) is 8.41. The number of ether oxygens (including phenoxy) is 1. The fourth-order valence-corrected chi connectivity index (χ4v) is 3.82. The van der Waals surface area contributed by atoms with Crippen LogP contribution in [0.25, 0.3) is 0 Å². The highest BCUT2D eigenvalue weighted by Crippen LogP contribution is 2.34. The minimum Gasteiger partial charge on any atom is -0.497 e. The summed E-state index contributed by atoms with van der Waals surface area (Å²) in [5.41, 5.74) is 4.26. The van der Waals surface area contributed by atoms with Crippen molar-refractivity contribution in [2.75, 3.05) is 12.0 Å². The first-order valence-electron chi connectivity index (χ1n) is 9.99. The Morgan fingerprint density at radius 3 is 2.43 bits per heavy atom. The molecule has 152 valence electrons. The first-order valence-corrected chi connectivity index (χ1v) is 9.99. The van der Waals surface area contributed by atoms with Gasteiger partial charge >= 0.3 is 0 Å². The van der Waals surface area contributed by atoms with Gasteiger partial charge in [0.05, 0.1) is 7.11 Å². The van der Waals surface area contributed by atoms with Gasteiger partial charge in [0, 0.05) is 29.4 Å². The van der Waals surface area contributed by atoms with Crippen molar-refractivity contribution in [1.82, 2.24) is 5.32 Å². The van der Waals surface area contributed by atoms with E-state index in [0.717, 1.165) is 29.0 Å². The predicted octanol–water partition coefficient (Wildman–Crippen LogP) is 4.22. The SMILES string of the molecule is COc1ccc(C(=O)N2c3cc(CNC(=O)c4ccccc4)ccc3CC2C)cc1. The normalized spacial score (nSPS) is 14.9. The third-order valence-corrected chi connectivity index (χ3v) is 5.41. The zero-order valence-electron chi connectivity index (χ0n) is 17.1. The van der Waals surface area contributed by atoms with E-state index in [1.165, 1.54) is 0 Å². The van der Waals surface area contributed by atoms with Crippen molar-refractivity contribution in [2.24, 2.45) is 0 Å². The summed E-state index contributed by atoms with van der Waals surface area (Å²) in [5.74, 6) is 0.572. The molecule has 0 saturated heterocycles. The second-order valence-electron chi connectivity index (χ2n) is 7.47. The predicted molar refractivity (Wildman–Crippen MR) is 117 cm³/mol. The van der Waals surface area contributed by atoms with Gasteiger partial charge in [-0.1, -0.05) is 30.3 Å². The number of nitrogens with zero attached hydrogens (tertiary/aromatic N) is 1. The van der Waals surface area contributed by atoms with E-state index in [2.05, 4.69) is 18.3 Å². The molecular formula is C25H24N2O3. The molecule has 1 N–H and O–H groups in total. The fourth-order valence-electron chi connectivity index (χ4n) is 3.82. The highest BCUT2D eigenvalue weighted by atomic mass is 16.5. The lowest BCUT2D eigenvalue weighted by Gasteiger charge is -2.23. The molecule has 0 spiro atoms. The zero-order chi connectivity index (χ0) is 21.1. The van der Waals surface area contributed by atoms with Gasteiger partial charge in [-0.3, -0.25) is 9.59 Å². The van der Waals surface area contributed by atoms with Crippen molar-refractivity contribution in [1.29, 1.82) is 0 Å². The Bertz CT molecular complexity index is 1060. The van der Waals surface area contributed by atoms with Crippen LogP contribution >= 0.6 is 0 Å². The first kappa shape index (κ1) is 19.7. The van der Waals surface area contributed by atoms with Gasteiger partial charge in [0.1, 0.15) is 5.75 Å². The van der Waals surface area contributed by atoms with Crippen LogP contribution in [0.15, 0.2) is 72.8 Å². The summed E-state index contributed by atoms with van der Waals surface area (Å²) in [5, 5.41) is 2.95. The highest BCUT2D eigenvalue weighted by Gasteiger charge is 2.31. The molecule has 5 heteroatoms. The number of fused-ring (bicyclic) bond motifs is 1. The molecule has 1 aliphatic rings. The van der Waals surface area contributed by atoms with Crippen LogP contribution < -0.4 is 15.0 Å². The van der Waals surface area contributed by atoms with E-state index in [1.54, 1.807) is 43.5 Å². The molecule has 30 heavy (non-hydrogen) atoms. The average molecular weight is 400 g/mol. The number of rotatable bonds is 5. The number of nitrogens with one attached hydrogen (secondary N) is 1. The number of benzene rings is 3. The molecule has 2 amide bonds. The molecular weight excluding hydrogens is 376 g/mol. The van der Waals surface area contributed by atoms with Gasteiger partial charge in [0.25, 0.3) is 11.8 Å². The lowest BCUT2D eigenvalue weighted by atomic mass is 10.1. The molecule has 1 aliphatic heterocycles. The van der Waals surface area contributed by atoms with Crippen LogP contribution in [0.4, 0.5) is 5.69 Å². The maximum Gasteiger partial charge on any atom is 0.258 e. The van der Waals surface area contributed by atoms with Crippen molar-refractivity contribution in [3.63, 3.8) is 0 Å². The van der Waals surface area contributed by atoms with Gasteiger partial charge in [-0.05, 0) is 66.9 Å². The summed E-state index contributed by atoms with van der Waals surface area (Å²) >= 11 is 0. The van der Waals surface area contributed by atoms with Crippen molar-refractivity contribution < 1.29 is 14.3 Å². The third-order valence-electron chi connectivity index (χ3n) is 5.41. The van der Waals surface area contributed by atoms with Crippen molar-refractivity contribution in [3.8, 4) is 5.75 Å². The number of carbonyl (C=O) groups excluding carboxylic acids is 2. The van der Waals surface area contributed by atoms with Crippen LogP contribution in [0.1, 0.15) is 38.8 Å². The van der Waals surface area contributed by atoms with E-state index in [1.807, 2.05) is 35.2 Å². The number of methoxy groups -OCH3 is 1. The summed E-state index contributed by atoms with van der Waals surface area (Å²) in [6.07, 6.45) is 0.813. The number of hydrogen-bond acceptors (Lipinski definition) is 3. The Kier molecular flexibility index (Phi) is 5.53. The Hall–Kier alpha value is -3.60. The van der Waals surface area contributed by atoms with Crippen molar-refractivity contribution >= 4 is 17.5 Å². The monoisotopic (exact) mass is 400 g/mol. The van der Waals surface area contributed by atoms with Gasteiger partial charge in [-0.25, -0.2) is 0 Å². The van der Waals surface area contributed by atoms with E-state index < -0.39 is 0 Å². The van der Waals surface area contributed by atoms with Crippen LogP contribution in [-0.2, 0) is 13.0 Å². The molecule has 0 aromatic heterocycles. The van der Waals surface area contributed by atoms with Crippen LogP contribution in [0.2, 0.25) is 0 Å². The van der Waals surface area contributed by atoms with Crippen LogP contribution in [0.5, 0.6) is 5.75 Å². The Morgan fingerprint density at radius 1 is 1.00 bits per heavy atom. The molecule has 0 saturated carbocycles. The lowest BCUT2D eigenvalue weighted by Crippen LogP contribution is -2.35. The van der Waals surface area contributed by atoms with E-state index in [-0.39, 0.29) is 17.9 Å². The van der Waals surface area contributed by atoms with E-state index in [9.17, 15) is 9.59 Å².